The molecule has 2 N–H and O–H groups in total. The van der Waals surface area contributed by atoms with Crippen LogP contribution in [0.2, 0.25) is 0 Å². The molecule has 104 valence electrons. The highest BCUT2D eigenvalue weighted by Gasteiger charge is 2.29. The number of sulfonamides is 1. The summed E-state index contributed by atoms with van der Waals surface area (Å²) in [6.45, 7) is 0.871. The Balaban J connectivity index is 1.75. The topological polar surface area (TPSA) is 58.2 Å². The molecular formula is C14H20N2O2S. The minimum atomic E-state index is -3.38. The van der Waals surface area contributed by atoms with Gasteiger partial charge in [-0.15, -0.1) is 0 Å². The first-order chi connectivity index (χ1) is 9.15. The van der Waals surface area contributed by atoms with Gasteiger partial charge in [0.05, 0.1) is 5.69 Å². The Hall–Kier alpha value is -1.07. The van der Waals surface area contributed by atoms with Gasteiger partial charge in [0.2, 0.25) is 10.0 Å². The van der Waals surface area contributed by atoms with Gasteiger partial charge in [0, 0.05) is 12.6 Å². The van der Waals surface area contributed by atoms with Crippen LogP contribution in [-0.2, 0) is 10.0 Å². The summed E-state index contributed by atoms with van der Waals surface area (Å²) < 4.78 is 27.3. The third-order valence-corrected chi connectivity index (χ3v) is 5.46. The molecule has 4 nitrogen and oxygen atoms in total. The van der Waals surface area contributed by atoms with Crippen LogP contribution in [0, 0.1) is 5.92 Å². The summed E-state index contributed by atoms with van der Waals surface area (Å²) in [5.74, 6) is 0.701. The quantitative estimate of drug-likeness (QED) is 0.841. The van der Waals surface area contributed by atoms with Crippen molar-refractivity contribution in [2.75, 3.05) is 11.9 Å². The predicted molar refractivity (Wildman–Crippen MR) is 75.6 cm³/mol. The van der Waals surface area contributed by atoms with Crippen LogP contribution in [0.5, 0.6) is 0 Å². The number of hydrogen-bond donors (Lipinski definition) is 2. The van der Waals surface area contributed by atoms with Crippen molar-refractivity contribution in [3.63, 3.8) is 0 Å². The smallest absolute Gasteiger partial charge is 0.242 e. The Labute approximate surface area is 114 Å². The van der Waals surface area contributed by atoms with E-state index in [1.165, 1.54) is 19.3 Å². The van der Waals surface area contributed by atoms with Gasteiger partial charge >= 0.3 is 0 Å². The molecule has 2 fully saturated rings. The molecule has 19 heavy (non-hydrogen) atoms. The molecule has 0 heterocycles. The molecule has 0 radical (unpaired) electrons. The maximum absolute atomic E-state index is 12.3. The van der Waals surface area contributed by atoms with Crippen LogP contribution in [0.3, 0.4) is 0 Å². The fourth-order valence-electron chi connectivity index (χ4n) is 2.28. The minimum absolute atomic E-state index is 0.143. The van der Waals surface area contributed by atoms with Crippen LogP contribution >= 0.6 is 0 Å². The lowest BCUT2D eigenvalue weighted by molar-refractivity contribution is 0.333. The van der Waals surface area contributed by atoms with Gasteiger partial charge in [-0.25, -0.2) is 13.1 Å². The van der Waals surface area contributed by atoms with Gasteiger partial charge in [0.15, 0.2) is 0 Å². The largest absolute Gasteiger partial charge is 0.384 e. The fraction of sp³-hybridized carbons (Fsp3) is 0.571. The van der Waals surface area contributed by atoms with Crippen molar-refractivity contribution in [1.29, 1.82) is 0 Å². The lowest BCUT2D eigenvalue weighted by Crippen LogP contribution is -2.27. The summed E-state index contributed by atoms with van der Waals surface area (Å²) in [5, 5.41) is 3.30. The zero-order valence-corrected chi connectivity index (χ0v) is 11.7. The summed E-state index contributed by atoms with van der Waals surface area (Å²) in [7, 11) is -3.38. The number of rotatable bonds is 6. The second-order valence-electron chi connectivity index (χ2n) is 5.57. The van der Waals surface area contributed by atoms with Crippen molar-refractivity contribution < 1.29 is 8.42 Å². The average Bonchev–Trinajstić information content (AvgIpc) is 3.11. The zero-order chi connectivity index (χ0) is 13.3. The van der Waals surface area contributed by atoms with Crippen molar-refractivity contribution in [3.8, 4) is 0 Å². The van der Waals surface area contributed by atoms with E-state index in [0.29, 0.717) is 10.8 Å². The zero-order valence-electron chi connectivity index (χ0n) is 10.9. The third kappa shape index (κ3) is 3.09. The van der Waals surface area contributed by atoms with Gasteiger partial charge in [-0.1, -0.05) is 18.6 Å². The molecule has 1 aromatic rings. The lowest BCUT2D eigenvalue weighted by Gasteiger charge is -2.26. The van der Waals surface area contributed by atoms with E-state index in [1.807, 2.05) is 12.1 Å². The van der Waals surface area contributed by atoms with E-state index in [0.717, 1.165) is 25.1 Å². The second kappa shape index (κ2) is 5.13. The molecule has 2 aliphatic carbocycles. The average molecular weight is 280 g/mol. The van der Waals surface area contributed by atoms with Crippen molar-refractivity contribution in [1.82, 2.24) is 4.72 Å². The molecule has 2 aliphatic rings. The minimum Gasteiger partial charge on any atom is -0.384 e. The SMILES string of the molecule is O=S(=O)(NC1CC1)c1ccccc1NCC1CCC1. The molecule has 0 unspecified atom stereocenters. The molecule has 0 saturated heterocycles. The summed E-state index contributed by atoms with van der Waals surface area (Å²) >= 11 is 0. The first-order valence-electron chi connectivity index (χ1n) is 7.00. The number of para-hydroxylation sites is 1. The van der Waals surface area contributed by atoms with Crippen molar-refractivity contribution >= 4 is 15.7 Å². The summed E-state index contributed by atoms with van der Waals surface area (Å²) in [4.78, 5) is 0.376. The van der Waals surface area contributed by atoms with Crippen LogP contribution in [0.1, 0.15) is 32.1 Å². The van der Waals surface area contributed by atoms with E-state index in [4.69, 9.17) is 0 Å². The molecular weight excluding hydrogens is 260 g/mol. The standard InChI is InChI=1S/C14H20N2O2S/c17-19(18,16-12-8-9-12)14-7-2-1-6-13(14)15-10-11-4-3-5-11/h1-2,6-7,11-12,15-16H,3-5,8-10H2. The number of hydrogen-bond acceptors (Lipinski definition) is 3. The molecule has 1 aromatic carbocycles. The van der Waals surface area contributed by atoms with E-state index in [-0.39, 0.29) is 6.04 Å². The summed E-state index contributed by atoms with van der Waals surface area (Å²) in [5.41, 5.74) is 0.725. The number of nitrogens with one attached hydrogen (secondary N) is 2. The van der Waals surface area contributed by atoms with E-state index in [9.17, 15) is 8.42 Å². The van der Waals surface area contributed by atoms with Gasteiger partial charge < -0.3 is 5.32 Å². The molecule has 0 aliphatic heterocycles. The van der Waals surface area contributed by atoms with Crippen LogP contribution in [-0.4, -0.2) is 21.0 Å². The summed E-state index contributed by atoms with van der Waals surface area (Å²) in [6, 6.07) is 7.31. The highest BCUT2D eigenvalue weighted by molar-refractivity contribution is 7.89. The van der Waals surface area contributed by atoms with Crippen LogP contribution in [0.25, 0.3) is 0 Å². The molecule has 5 heteroatoms. The van der Waals surface area contributed by atoms with Crippen molar-refractivity contribution in [3.05, 3.63) is 24.3 Å². The normalized spacial score (nSPS) is 20.0. The molecule has 2 saturated carbocycles. The predicted octanol–water partition coefficient (Wildman–Crippen LogP) is 2.34. The first kappa shape index (κ1) is 12.9. The fourth-order valence-corrected chi connectivity index (χ4v) is 3.77. The van der Waals surface area contributed by atoms with Crippen molar-refractivity contribution in [2.45, 2.75) is 43.0 Å². The van der Waals surface area contributed by atoms with Gasteiger partial charge in [0.25, 0.3) is 0 Å². The molecule has 0 amide bonds. The number of anilines is 1. The third-order valence-electron chi connectivity index (χ3n) is 3.88. The van der Waals surface area contributed by atoms with Gasteiger partial charge in [-0.3, -0.25) is 0 Å². The van der Waals surface area contributed by atoms with Gasteiger partial charge in [-0.2, -0.15) is 0 Å². The molecule has 3 rings (SSSR count). The van der Waals surface area contributed by atoms with E-state index in [2.05, 4.69) is 10.0 Å². The van der Waals surface area contributed by atoms with Gasteiger partial charge in [0.1, 0.15) is 4.90 Å². The van der Waals surface area contributed by atoms with Crippen LogP contribution in [0.4, 0.5) is 5.69 Å². The molecule has 0 bridgehead atoms. The summed E-state index contributed by atoms with van der Waals surface area (Å²) in [6.07, 6.45) is 5.72. The monoisotopic (exact) mass is 280 g/mol. The Morgan fingerprint density at radius 2 is 1.84 bits per heavy atom. The van der Waals surface area contributed by atoms with Crippen LogP contribution < -0.4 is 10.0 Å². The number of benzene rings is 1. The Bertz CT molecular complexity index is 548. The van der Waals surface area contributed by atoms with Gasteiger partial charge in [-0.05, 0) is 43.7 Å². The lowest BCUT2D eigenvalue weighted by atomic mass is 9.85. The first-order valence-corrected chi connectivity index (χ1v) is 8.49. The maximum atomic E-state index is 12.3. The van der Waals surface area contributed by atoms with E-state index in [1.54, 1.807) is 12.1 Å². The Morgan fingerprint density at radius 3 is 2.47 bits per heavy atom. The highest BCUT2D eigenvalue weighted by Crippen LogP contribution is 2.29. The highest BCUT2D eigenvalue weighted by atomic mass is 32.2. The van der Waals surface area contributed by atoms with E-state index < -0.39 is 10.0 Å². The van der Waals surface area contributed by atoms with Crippen LogP contribution in [0.15, 0.2) is 29.2 Å². The Morgan fingerprint density at radius 1 is 1.11 bits per heavy atom. The maximum Gasteiger partial charge on any atom is 0.242 e. The van der Waals surface area contributed by atoms with Crippen molar-refractivity contribution in [2.24, 2.45) is 5.92 Å². The molecule has 0 atom stereocenters. The molecule has 0 aromatic heterocycles. The Kier molecular flexibility index (Phi) is 3.50. The molecule has 0 spiro atoms. The van der Waals surface area contributed by atoms with E-state index >= 15 is 0 Å². The second-order valence-corrected chi connectivity index (χ2v) is 7.25.